The fourth-order valence-corrected chi connectivity index (χ4v) is 2.47. The van der Waals surface area contributed by atoms with Gasteiger partial charge in [-0.05, 0) is 38.0 Å². The number of halogens is 1. The standard InChI is InChI=1S/C15H17BrN2O4/c1-2-22-15(21)13-12(7-4-8-19)14(20)18(17-13)11-6-3-5-10(16)9-11/h3,5-6,9,19-20H,2,4,7-8H2,1H3. The summed E-state index contributed by atoms with van der Waals surface area (Å²) < 4.78 is 7.10. The Morgan fingerprint density at radius 3 is 2.86 bits per heavy atom. The molecule has 0 radical (unpaired) electrons. The number of aliphatic hydroxyl groups excluding tert-OH is 1. The van der Waals surface area contributed by atoms with E-state index in [0.717, 1.165) is 4.47 Å². The van der Waals surface area contributed by atoms with Crippen LogP contribution in [0.4, 0.5) is 0 Å². The van der Waals surface area contributed by atoms with Crippen molar-refractivity contribution < 1.29 is 19.7 Å². The molecule has 0 atom stereocenters. The number of aromatic nitrogens is 2. The van der Waals surface area contributed by atoms with Crippen LogP contribution in [0.1, 0.15) is 29.4 Å². The first-order valence-electron chi connectivity index (χ1n) is 6.93. The zero-order valence-corrected chi connectivity index (χ0v) is 13.7. The Hall–Kier alpha value is -1.86. The van der Waals surface area contributed by atoms with E-state index in [1.54, 1.807) is 25.1 Å². The molecule has 0 spiro atoms. The summed E-state index contributed by atoms with van der Waals surface area (Å²) in [4.78, 5) is 12.0. The predicted molar refractivity (Wildman–Crippen MR) is 84.3 cm³/mol. The van der Waals surface area contributed by atoms with E-state index in [4.69, 9.17) is 9.84 Å². The SMILES string of the molecule is CCOC(=O)c1nn(-c2cccc(Br)c2)c(O)c1CCCO. The fraction of sp³-hybridized carbons (Fsp3) is 0.333. The summed E-state index contributed by atoms with van der Waals surface area (Å²) in [5.74, 6) is -0.700. The Labute approximate surface area is 136 Å². The topological polar surface area (TPSA) is 84.6 Å². The Kier molecular flexibility index (Phi) is 5.57. The molecule has 0 aliphatic heterocycles. The van der Waals surface area contributed by atoms with Crippen LogP contribution in [-0.2, 0) is 11.2 Å². The lowest BCUT2D eigenvalue weighted by Crippen LogP contribution is -2.09. The van der Waals surface area contributed by atoms with Gasteiger partial charge in [-0.3, -0.25) is 0 Å². The van der Waals surface area contributed by atoms with Crippen LogP contribution in [0.15, 0.2) is 28.7 Å². The van der Waals surface area contributed by atoms with Crippen LogP contribution in [0.2, 0.25) is 0 Å². The second-order valence-electron chi connectivity index (χ2n) is 4.59. The van der Waals surface area contributed by atoms with E-state index >= 15 is 0 Å². The minimum absolute atomic E-state index is 0.0379. The molecule has 0 aliphatic rings. The second-order valence-corrected chi connectivity index (χ2v) is 5.51. The van der Waals surface area contributed by atoms with E-state index in [0.29, 0.717) is 24.1 Å². The molecule has 1 heterocycles. The van der Waals surface area contributed by atoms with Crippen LogP contribution in [0, 0.1) is 0 Å². The highest BCUT2D eigenvalue weighted by Gasteiger charge is 2.24. The minimum atomic E-state index is -0.584. The number of ether oxygens (including phenoxy) is 1. The van der Waals surface area contributed by atoms with Gasteiger partial charge in [0.05, 0.1) is 12.3 Å². The zero-order valence-electron chi connectivity index (χ0n) is 12.1. The van der Waals surface area contributed by atoms with Gasteiger partial charge in [0.15, 0.2) is 5.69 Å². The van der Waals surface area contributed by atoms with Crippen molar-refractivity contribution in [2.75, 3.05) is 13.2 Å². The summed E-state index contributed by atoms with van der Waals surface area (Å²) >= 11 is 3.36. The highest BCUT2D eigenvalue weighted by molar-refractivity contribution is 9.10. The molecule has 118 valence electrons. The molecule has 1 aromatic heterocycles. The molecule has 0 fully saturated rings. The van der Waals surface area contributed by atoms with Gasteiger partial charge < -0.3 is 14.9 Å². The van der Waals surface area contributed by atoms with Crippen LogP contribution in [-0.4, -0.2) is 39.2 Å². The Morgan fingerprint density at radius 1 is 1.45 bits per heavy atom. The van der Waals surface area contributed by atoms with Gasteiger partial charge in [0.25, 0.3) is 0 Å². The van der Waals surface area contributed by atoms with Crippen LogP contribution < -0.4 is 0 Å². The largest absolute Gasteiger partial charge is 0.493 e. The number of carbonyl (C=O) groups is 1. The number of nitrogens with zero attached hydrogens (tertiary/aromatic N) is 2. The molecule has 0 saturated carbocycles. The average Bonchev–Trinajstić information content (AvgIpc) is 2.82. The lowest BCUT2D eigenvalue weighted by atomic mass is 10.1. The van der Waals surface area contributed by atoms with Crippen LogP contribution in [0.5, 0.6) is 5.88 Å². The molecule has 2 N–H and O–H groups in total. The molecular weight excluding hydrogens is 352 g/mol. The Balaban J connectivity index is 2.49. The molecule has 2 aromatic rings. The Morgan fingerprint density at radius 2 is 2.23 bits per heavy atom. The average molecular weight is 369 g/mol. The number of carbonyl (C=O) groups excluding carboxylic acids is 1. The third-order valence-corrected chi connectivity index (χ3v) is 3.56. The molecule has 1 aromatic carbocycles. The van der Waals surface area contributed by atoms with E-state index in [1.807, 2.05) is 6.07 Å². The predicted octanol–water partition coefficient (Wildman–Crippen LogP) is 2.44. The van der Waals surface area contributed by atoms with Gasteiger partial charge in [0.2, 0.25) is 5.88 Å². The third kappa shape index (κ3) is 3.48. The van der Waals surface area contributed by atoms with Gasteiger partial charge >= 0.3 is 5.97 Å². The van der Waals surface area contributed by atoms with E-state index in [1.165, 1.54) is 4.68 Å². The number of hydrogen-bond donors (Lipinski definition) is 2. The van der Waals surface area contributed by atoms with Gasteiger partial charge in [-0.2, -0.15) is 5.10 Å². The van der Waals surface area contributed by atoms with Crippen molar-refractivity contribution in [1.82, 2.24) is 9.78 Å². The number of hydrogen-bond acceptors (Lipinski definition) is 5. The lowest BCUT2D eigenvalue weighted by molar-refractivity contribution is 0.0517. The van der Waals surface area contributed by atoms with Gasteiger partial charge in [-0.15, -0.1) is 0 Å². The highest BCUT2D eigenvalue weighted by atomic mass is 79.9. The molecule has 7 heteroatoms. The molecule has 22 heavy (non-hydrogen) atoms. The third-order valence-electron chi connectivity index (χ3n) is 3.06. The van der Waals surface area contributed by atoms with Crippen molar-refractivity contribution in [1.29, 1.82) is 0 Å². The quantitative estimate of drug-likeness (QED) is 0.764. The van der Waals surface area contributed by atoms with Crippen LogP contribution in [0.3, 0.4) is 0 Å². The number of esters is 1. The first kappa shape index (κ1) is 16.5. The Bertz CT molecular complexity index is 670. The van der Waals surface area contributed by atoms with Crippen molar-refractivity contribution in [2.24, 2.45) is 0 Å². The summed E-state index contributed by atoms with van der Waals surface area (Å²) in [5.41, 5.74) is 1.08. The molecule has 2 rings (SSSR count). The summed E-state index contributed by atoms with van der Waals surface area (Å²) in [6.07, 6.45) is 0.759. The van der Waals surface area contributed by atoms with Crippen LogP contribution in [0.25, 0.3) is 5.69 Å². The molecule has 0 unspecified atom stereocenters. The lowest BCUT2D eigenvalue weighted by Gasteiger charge is -2.04. The van der Waals surface area contributed by atoms with E-state index in [-0.39, 0.29) is 24.8 Å². The first-order chi connectivity index (χ1) is 10.6. The van der Waals surface area contributed by atoms with Gasteiger partial charge in [0, 0.05) is 16.6 Å². The minimum Gasteiger partial charge on any atom is -0.493 e. The van der Waals surface area contributed by atoms with Crippen molar-refractivity contribution in [3.63, 3.8) is 0 Å². The van der Waals surface area contributed by atoms with Crippen molar-refractivity contribution in [2.45, 2.75) is 19.8 Å². The van der Waals surface area contributed by atoms with Crippen molar-refractivity contribution in [3.8, 4) is 11.6 Å². The van der Waals surface area contributed by atoms with Gasteiger partial charge in [0.1, 0.15) is 0 Å². The molecule has 6 nitrogen and oxygen atoms in total. The number of rotatable bonds is 6. The summed E-state index contributed by atoms with van der Waals surface area (Å²) in [7, 11) is 0. The summed E-state index contributed by atoms with van der Waals surface area (Å²) in [6, 6.07) is 7.20. The number of aromatic hydroxyl groups is 1. The van der Waals surface area contributed by atoms with Gasteiger partial charge in [-0.25, -0.2) is 9.48 Å². The van der Waals surface area contributed by atoms with Gasteiger partial charge in [-0.1, -0.05) is 22.0 Å². The number of aliphatic hydroxyl groups is 1. The van der Waals surface area contributed by atoms with E-state index in [2.05, 4.69) is 21.0 Å². The van der Waals surface area contributed by atoms with Crippen molar-refractivity contribution in [3.05, 3.63) is 40.0 Å². The van der Waals surface area contributed by atoms with E-state index in [9.17, 15) is 9.90 Å². The maximum absolute atomic E-state index is 12.0. The maximum Gasteiger partial charge on any atom is 0.359 e. The van der Waals surface area contributed by atoms with Crippen molar-refractivity contribution >= 4 is 21.9 Å². The molecule has 0 amide bonds. The summed E-state index contributed by atoms with van der Waals surface area (Å²) in [5, 5.41) is 23.6. The zero-order chi connectivity index (χ0) is 16.1. The number of benzene rings is 1. The van der Waals surface area contributed by atoms with E-state index < -0.39 is 5.97 Å². The molecule has 0 saturated heterocycles. The molecular formula is C15H17BrN2O4. The van der Waals surface area contributed by atoms with Crippen LogP contribution >= 0.6 is 15.9 Å². The first-order valence-corrected chi connectivity index (χ1v) is 7.72. The fourth-order valence-electron chi connectivity index (χ4n) is 2.08. The highest BCUT2D eigenvalue weighted by Crippen LogP contribution is 2.28. The second kappa shape index (κ2) is 7.42. The summed E-state index contributed by atoms with van der Waals surface area (Å²) in [6.45, 7) is 1.89. The smallest absolute Gasteiger partial charge is 0.359 e. The monoisotopic (exact) mass is 368 g/mol. The normalized spacial score (nSPS) is 10.7. The maximum atomic E-state index is 12.0. The molecule has 0 aliphatic carbocycles. The molecule has 0 bridgehead atoms.